The summed E-state index contributed by atoms with van der Waals surface area (Å²) in [5.41, 5.74) is 0.296. The third-order valence-corrected chi connectivity index (χ3v) is 6.22. The number of nitrogens with one attached hydrogen (secondary N) is 1. The maximum atomic E-state index is 12.8. The van der Waals surface area contributed by atoms with Crippen LogP contribution in [0.4, 0.5) is 0 Å². The molecule has 0 aromatic carbocycles. The Morgan fingerprint density at radius 3 is 2.54 bits per heavy atom. The number of hydrogen-bond acceptors (Lipinski definition) is 3. The van der Waals surface area contributed by atoms with Crippen molar-refractivity contribution in [2.75, 3.05) is 13.1 Å². The number of likely N-dealkylation sites (tertiary alicyclic amines) is 1. The monoisotopic (exact) mass is 364 g/mol. The van der Waals surface area contributed by atoms with Gasteiger partial charge in [0.25, 0.3) is 5.91 Å². The Morgan fingerprint density at radius 1 is 1.15 bits per heavy atom. The number of ether oxygens (including phenoxy) is 1. The van der Waals surface area contributed by atoms with E-state index in [-0.39, 0.29) is 35.0 Å². The van der Waals surface area contributed by atoms with E-state index in [4.69, 9.17) is 4.74 Å². The number of carbonyl (C=O) groups is 2. The van der Waals surface area contributed by atoms with E-state index >= 15 is 0 Å². The van der Waals surface area contributed by atoms with Crippen LogP contribution in [0, 0.1) is 5.41 Å². The van der Waals surface area contributed by atoms with Crippen molar-refractivity contribution < 1.29 is 14.3 Å². The summed E-state index contributed by atoms with van der Waals surface area (Å²) >= 11 is 0. The lowest BCUT2D eigenvalue weighted by Crippen LogP contribution is -2.52. The Balaban J connectivity index is 1.42. The number of nitrogens with zero attached hydrogens (tertiary/aromatic N) is 1. The average molecular weight is 365 g/mol. The van der Waals surface area contributed by atoms with Crippen LogP contribution in [0.5, 0.6) is 0 Å². The van der Waals surface area contributed by atoms with E-state index in [0.717, 1.165) is 57.9 Å². The van der Waals surface area contributed by atoms with Gasteiger partial charge in [-0.25, -0.2) is 0 Å². The molecular weight excluding hydrogens is 328 g/mol. The van der Waals surface area contributed by atoms with E-state index in [1.54, 1.807) is 0 Å². The van der Waals surface area contributed by atoms with Gasteiger partial charge in [-0.05, 0) is 63.2 Å². The van der Waals surface area contributed by atoms with Gasteiger partial charge in [-0.15, -0.1) is 0 Å². The van der Waals surface area contributed by atoms with Gasteiger partial charge in [0, 0.05) is 25.6 Å². The maximum absolute atomic E-state index is 12.8. The summed E-state index contributed by atoms with van der Waals surface area (Å²) in [7, 11) is 0. The lowest BCUT2D eigenvalue weighted by Gasteiger charge is -2.39. The summed E-state index contributed by atoms with van der Waals surface area (Å²) in [5, 5.41) is 3.15. The van der Waals surface area contributed by atoms with Crippen molar-refractivity contribution in [3.05, 3.63) is 0 Å². The van der Waals surface area contributed by atoms with E-state index in [1.165, 1.54) is 6.42 Å². The standard InChI is InChI=1S/C21H36N2O3/c1-20(2,3)10-4-8-18(24)22-16-7-5-14-23(15-16)19(25)17-9-13-21(26-17)11-6-12-21/h16-17H,4-15H2,1-3H3,(H,22,24)/t16-,17?/m0/s1. The van der Waals surface area contributed by atoms with E-state index in [2.05, 4.69) is 26.1 Å². The quantitative estimate of drug-likeness (QED) is 0.813. The highest BCUT2D eigenvalue weighted by Gasteiger charge is 2.47. The van der Waals surface area contributed by atoms with Crippen molar-refractivity contribution in [1.82, 2.24) is 10.2 Å². The molecule has 1 spiro atoms. The highest BCUT2D eigenvalue weighted by molar-refractivity contribution is 5.81. The molecule has 1 unspecified atom stereocenters. The van der Waals surface area contributed by atoms with Crippen molar-refractivity contribution in [3.63, 3.8) is 0 Å². The average Bonchev–Trinajstić information content (AvgIpc) is 2.99. The maximum Gasteiger partial charge on any atom is 0.251 e. The molecule has 2 aliphatic heterocycles. The zero-order chi connectivity index (χ0) is 18.8. The summed E-state index contributed by atoms with van der Waals surface area (Å²) in [6.45, 7) is 8.04. The van der Waals surface area contributed by atoms with Crippen molar-refractivity contribution in [1.29, 1.82) is 0 Å². The van der Waals surface area contributed by atoms with E-state index in [1.807, 2.05) is 4.90 Å². The zero-order valence-corrected chi connectivity index (χ0v) is 16.8. The molecule has 5 heteroatoms. The molecule has 3 aliphatic rings. The lowest BCUT2D eigenvalue weighted by molar-refractivity contribution is -0.155. The second kappa shape index (κ2) is 7.87. The van der Waals surface area contributed by atoms with Crippen LogP contribution in [-0.4, -0.2) is 47.6 Å². The molecule has 1 saturated carbocycles. The van der Waals surface area contributed by atoms with Crippen molar-refractivity contribution in [2.45, 2.75) is 103 Å². The van der Waals surface area contributed by atoms with Crippen molar-refractivity contribution in [2.24, 2.45) is 5.41 Å². The molecule has 1 N–H and O–H groups in total. The molecule has 2 atom stereocenters. The molecule has 2 heterocycles. The van der Waals surface area contributed by atoms with Crippen LogP contribution in [0.1, 0.15) is 85.0 Å². The summed E-state index contributed by atoms with van der Waals surface area (Å²) in [6, 6.07) is 0.0916. The molecule has 0 aromatic heterocycles. The fourth-order valence-corrected chi connectivity index (χ4v) is 4.50. The van der Waals surface area contributed by atoms with Crippen LogP contribution in [-0.2, 0) is 14.3 Å². The molecule has 26 heavy (non-hydrogen) atoms. The molecule has 2 saturated heterocycles. The van der Waals surface area contributed by atoms with E-state index in [0.29, 0.717) is 13.0 Å². The largest absolute Gasteiger partial charge is 0.362 e. The van der Waals surface area contributed by atoms with Crippen molar-refractivity contribution in [3.8, 4) is 0 Å². The fraction of sp³-hybridized carbons (Fsp3) is 0.905. The zero-order valence-electron chi connectivity index (χ0n) is 16.8. The highest BCUT2D eigenvalue weighted by atomic mass is 16.5. The molecule has 5 nitrogen and oxygen atoms in total. The Hall–Kier alpha value is -1.10. The third-order valence-electron chi connectivity index (χ3n) is 6.22. The van der Waals surface area contributed by atoms with Gasteiger partial charge in [-0.2, -0.15) is 0 Å². The highest BCUT2D eigenvalue weighted by Crippen LogP contribution is 2.45. The molecule has 0 aromatic rings. The first-order chi connectivity index (χ1) is 12.3. The van der Waals surface area contributed by atoms with Crippen LogP contribution in [0.25, 0.3) is 0 Å². The Labute approximate surface area is 158 Å². The smallest absolute Gasteiger partial charge is 0.251 e. The van der Waals surface area contributed by atoms with Gasteiger partial charge in [-0.1, -0.05) is 20.8 Å². The van der Waals surface area contributed by atoms with E-state index in [9.17, 15) is 9.59 Å². The van der Waals surface area contributed by atoms with Crippen LogP contribution < -0.4 is 5.32 Å². The summed E-state index contributed by atoms with van der Waals surface area (Å²) in [4.78, 5) is 27.0. The van der Waals surface area contributed by atoms with Gasteiger partial charge in [0.2, 0.25) is 5.91 Å². The molecule has 0 radical (unpaired) electrons. The molecule has 3 fully saturated rings. The SMILES string of the molecule is CC(C)(C)CCCC(=O)N[C@H]1CCCN(C(=O)C2CCC3(CCC3)O2)C1. The second-order valence-electron chi connectivity index (χ2n) is 9.79. The fourth-order valence-electron chi connectivity index (χ4n) is 4.50. The van der Waals surface area contributed by atoms with Crippen LogP contribution >= 0.6 is 0 Å². The van der Waals surface area contributed by atoms with Gasteiger partial charge in [0.05, 0.1) is 5.60 Å². The summed E-state index contributed by atoms with van der Waals surface area (Å²) in [6.07, 6.45) is 9.57. The molecule has 148 valence electrons. The van der Waals surface area contributed by atoms with Gasteiger partial charge in [0.15, 0.2) is 0 Å². The van der Waals surface area contributed by atoms with Crippen molar-refractivity contribution >= 4 is 11.8 Å². The second-order valence-corrected chi connectivity index (χ2v) is 9.79. The third kappa shape index (κ3) is 4.99. The lowest BCUT2D eigenvalue weighted by atomic mass is 9.78. The van der Waals surface area contributed by atoms with Crippen LogP contribution in [0.3, 0.4) is 0 Å². The van der Waals surface area contributed by atoms with Crippen LogP contribution in [0.15, 0.2) is 0 Å². The number of amides is 2. The normalized spacial score (nSPS) is 28.0. The number of rotatable bonds is 5. The van der Waals surface area contributed by atoms with Gasteiger partial charge in [0.1, 0.15) is 6.10 Å². The summed E-state index contributed by atoms with van der Waals surface area (Å²) in [5.74, 6) is 0.263. The van der Waals surface area contributed by atoms with Gasteiger partial charge < -0.3 is 15.0 Å². The van der Waals surface area contributed by atoms with Gasteiger partial charge >= 0.3 is 0 Å². The van der Waals surface area contributed by atoms with Crippen LogP contribution in [0.2, 0.25) is 0 Å². The molecular formula is C21H36N2O3. The Bertz CT molecular complexity index is 522. The minimum absolute atomic E-state index is 0.0246. The number of carbonyl (C=O) groups excluding carboxylic acids is 2. The Morgan fingerprint density at radius 2 is 1.92 bits per heavy atom. The predicted octanol–water partition coefficient (Wildman–Crippen LogP) is 3.41. The number of piperidine rings is 1. The van der Waals surface area contributed by atoms with E-state index < -0.39 is 0 Å². The minimum atomic E-state index is -0.253. The van der Waals surface area contributed by atoms with Gasteiger partial charge in [-0.3, -0.25) is 9.59 Å². The minimum Gasteiger partial charge on any atom is -0.362 e. The number of hydrogen-bond donors (Lipinski definition) is 1. The molecule has 3 rings (SSSR count). The summed E-state index contributed by atoms with van der Waals surface area (Å²) < 4.78 is 6.12. The Kier molecular flexibility index (Phi) is 5.95. The molecule has 2 amide bonds. The first kappa shape index (κ1) is 19.7. The topological polar surface area (TPSA) is 58.6 Å². The first-order valence-corrected chi connectivity index (χ1v) is 10.5. The first-order valence-electron chi connectivity index (χ1n) is 10.5. The molecule has 1 aliphatic carbocycles. The predicted molar refractivity (Wildman–Crippen MR) is 102 cm³/mol. The molecule has 0 bridgehead atoms.